The highest BCUT2D eigenvalue weighted by atomic mass is 35.5. The Kier molecular flexibility index (Phi) is 11.5. The largest absolute Gasteiger partial charge is 0.352 e. The van der Waals surface area contributed by atoms with Gasteiger partial charge in [0.15, 0.2) is 0 Å². The van der Waals surface area contributed by atoms with Crippen molar-refractivity contribution in [2.24, 2.45) is 0 Å². The van der Waals surface area contributed by atoms with E-state index in [1.807, 2.05) is 60.7 Å². The molecule has 0 aliphatic heterocycles. The summed E-state index contributed by atoms with van der Waals surface area (Å²) < 4.78 is 0. The number of nitrogens with one attached hydrogen (secondary N) is 1. The molecule has 0 aromatic heterocycles. The Bertz CT molecular complexity index is 1250. The van der Waals surface area contributed by atoms with Crippen molar-refractivity contribution < 1.29 is 9.59 Å². The molecule has 3 aromatic rings. The molecule has 1 fully saturated rings. The van der Waals surface area contributed by atoms with Crippen LogP contribution in [-0.2, 0) is 28.3 Å². The lowest BCUT2D eigenvalue weighted by atomic mass is 9.94. The lowest BCUT2D eigenvalue weighted by Crippen LogP contribution is -2.53. The third kappa shape index (κ3) is 8.91. The molecule has 4 nitrogen and oxygen atoms in total. The van der Waals surface area contributed by atoms with Crippen LogP contribution in [0.15, 0.2) is 72.8 Å². The van der Waals surface area contributed by atoms with Crippen LogP contribution in [0.1, 0.15) is 48.8 Å². The normalized spacial score (nSPS) is 14.5. The third-order valence-electron chi connectivity index (χ3n) is 7.00. The second-order valence-electron chi connectivity index (χ2n) is 9.90. The van der Waals surface area contributed by atoms with Crippen LogP contribution in [0.3, 0.4) is 0 Å². The van der Waals surface area contributed by atoms with E-state index >= 15 is 0 Å². The zero-order valence-corrected chi connectivity index (χ0v) is 24.8. The Hall–Kier alpha value is -2.18. The molecule has 1 aliphatic carbocycles. The number of carbonyl (C=O) groups excluding carboxylic acids is 2. The Morgan fingerprint density at radius 1 is 0.846 bits per heavy atom. The molecule has 1 N–H and O–H groups in total. The van der Waals surface area contributed by atoms with Crippen LogP contribution in [0.25, 0.3) is 0 Å². The number of hydrogen-bond donors (Lipinski definition) is 1. The Balaban J connectivity index is 1.59. The highest BCUT2D eigenvalue weighted by molar-refractivity contribution is 7.99. The number of amides is 2. The van der Waals surface area contributed by atoms with Crippen molar-refractivity contribution in [3.63, 3.8) is 0 Å². The molecule has 0 heterocycles. The smallest absolute Gasteiger partial charge is 0.243 e. The molecule has 1 atom stereocenters. The minimum absolute atomic E-state index is 0.113. The standard InChI is InChI=1S/C31H33Cl3N2O2S/c32-26-14-8-7-11-24(26)20-39-21-30(37)36(19-23-15-16-27(33)28(34)17-23)29(18-22-9-3-1-4-10-22)31(38)35-25-12-5-2-6-13-25/h1,3-4,7-11,14-17,25,29H,2,5-6,12-13,18-21H2,(H,35,38)/t29-/m1/s1. The number of halogens is 3. The van der Waals surface area contributed by atoms with Crippen LogP contribution in [0, 0.1) is 0 Å². The van der Waals surface area contributed by atoms with Gasteiger partial charge in [-0.15, -0.1) is 11.8 Å². The van der Waals surface area contributed by atoms with Gasteiger partial charge in [0.2, 0.25) is 11.8 Å². The van der Waals surface area contributed by atoms with Crippen molar-refractivity contribution in [3.8, 4) is 0 Å². The molecule has 4 rings (SSSR count). The van der Waals surface area contributed by atoms with Gasteiger partial charge in [0.05, 0.1) is 15.8 Å². The third-order valence-corrected chi connectivity index (χ3v) is 9.07. The fourth-order valence-electron chi connectivity index (χ4n) is 4.88. The topological polar surface area (TPSA) is 49.4 Å². The number of carbonyl (C=O) groups is 2. The molecule has 39 heavy (non-hydrogen) atoms. The predicted molar refractivity (Wildman–Crippen MR) is 164 cm³/mol. The van der Waals surface area contributed by atoms with E-state index in [1.165, 1.54) is 18.2 Å². The Morgan fingerprint density at radius 3 is 2.28 bits per heavy atom. The molecule has 0 spiro atoms. The molecular weight excluding hydrogens is 571 g/mol. The lowest BCUT2D eigenvalue weighted by Gasteiger charge is -2.33. The fraction of sp³-hybridized carbons (Fsp3) is 0.355. The maximum atomic E-state index is 13.8. The first-order valence-corrected chi connectivity index (χ1v) is 15.6. The van der Waals surface area contributed by atoms with Gasteiger partial charge in [-0.25, -0.2) is 0 Å². The highest BCUT2D eigenvalue weighted by Crippen LogP contribution is 2.26. The van der Waals surface area contributed by atoms with Gasteiger partial charge in [-0.1, -0.05) is 109 Å². The van der Waals surface area contributed by atoms with Gasteiger partial charge in [0.1, 0.15) is 6.04 Å². The summed E-state index contributed by atoms with van der Waals surface area (Å²) in [4.78, 5) is 29.4. The summed E-state index contributed by atoms with van der Waals surface area (Å²) in [5, 5.41) is 4.81. The van der Waals surface area contributed by atoms with Gasteiger partial charge in [-0.3, -0.25) is 9.59 Å². The summed E-state index contributed by atoms with van der Waals surface area (Å²) in [7, 11) is 0. The molecule has 0 bridgehead atoms. The van der Waals surface area contributed by atoms with E-state index in [2.05, 4.69) is 5.32 Å². The van der Waals surface area contributed by atoms with Gasteiger partial charge in [0, 0.05) is 29.8 Å². The second-order valence-corrected chi connectivity index (χ2v) is 12.1. The van der Waals surface area contributed by atoms with Gasteiger partial charge >= 0.3 is 0 Å². The SMILES string of the molecule is O=C(NC1CCCCC1)[C@@H](Cc1ccccc1)N(Cc1ccc(Cl)c(Cl)c1)C(=O)CSCc1ccccc1Cl. The Labute approximate surface area is 250 Å². The summed E-state index contributed by atoms with van der Waals surface area (Å²) in [6, 6.07) is 22.3. The predicted octanol–water partition coefficient (Wildman–Crippen LogP) is 7.97. The second kappa shape index (κ2) is 15.0. The van der Waals surface area contributed by atoms with E-state index < -0.39 is 6.04 Å². The monoisotopic (exact) mass is 602 g/mol. The van der Waals surface area contributed by atoms with Crippen molar-refractivity contribution in [2.75, 3.05) is 5.75 Å². The summed E-state index contributed by atoms with van der Waals surface area (Å²) in [6.45, 7) is 0.248. The van der Waals surface area contributed by atoms with Crippen LogP contribution in [0.2, 0.25) is 15.1 Å². The molecule has 8 heteroatoms. The Morgan fingerprint density at radius 2 is 1.56 bits per heavy atom. The maximum absolute atomic E-state index is 13.8. The summed E-state index contributed by atoms with van der Waals surface area (Å²) in [5.74, 6) is 0.589. The van der Waals surface area contributed by atoms with Crippen LogP contribution in [0.4, 0.5) is 0 Å². The summed E-state index contributed by atoms with van der Waals surface area (Å²) in [6.07, 6.45) is 5.78. The van der Waals surface area contributed by atoms with E-state index in [4.69, 9.17) is 34.8 Å². The lowest BCUT2D eigenvalue weighted by molar-refractivity contribution is -0.139. The van der Waals surface area contributed by atoms with E-state index in [-0.39, 0.29) is 30.2 Å². The quantitative estimate of drug-likeness (QED) is 0.242. The zero-order valence-electron chi connectivity index (χ0n) is 21.8. The molecule has 3 aromatic carbocycles. The van der Waals surface area contributed by atoms with Crippen molar-refractivity contribution in [3.05, 3.63) is 105 Å². The zero-order chi connectivity index (χ0) is 27.6. The van der Waals surface area contributed by atoms with Crippen molar-refractivity contribution in [2.45, 2.75) is 62.9 Å². The molecule has 0 unspecified atom stereocenters. The number of rotatable bonds is 11. The maximum Gasteiger partial charge on any atom is 0.243 e. The molecule has 0 radical (unpaired) electrons. The van der Waals surface area contributed by atoms with Crippen molar-refractivity contribution in [1.29, 1.82) is 0 Å². The first-order chi connectivity index (χ1) is 18.9. The van der Waals surface area contributed by atoms with Gasteiger partial charge in [0.25, 0.3) is 0 Å². The average Bonchev–Trinajstić information content (AvgIpc) is 2.94. The van der Waals surface area contributed by atoms with Gasteiger partial charge in [-0.05, 0) is 47.7 Å². The molecule has 0 saturated heterocycles. The van der Waals surface area contributed by atoms with E-state index in [0.717, 1.165) is 42.4 Å². The van der Waals surface area contributed by atoms with Gasteiger partial charge in [-0.2, -0.15) is 0 Å². The number of benzene rings is 3. The molecule has 1 aliphatic rings. The number of hydrogen-bond acceptors (Lipinski definition) is 3. The molecule has 2 amide bonds. The van der Waals surface area contributed by atoms with E-state index in [0.29, 0.717) is 27.2 Å². The number of nitrogens with zero attached hydrogens (tertiary/aromatic N) is 1. The van der Waals surface area contributed by atoms with Crippen LogP contribution >= 0.6 is 46.6 Å². The summed E-state index contributed by atoms with van der Waals surface area (Å²) in [5.41, 5.74) is 2.79. The first-order valence-electron chi connectivity index (χ1n) is 13.3. The van der Waals surface area contributed by atoms with E-state index in [9.17, 15) is 9.59 Å². The van der Waals surface area contributed by atoms with Crippen molar-refractivity contribution >= 4 is 58.4 Å². The van der Waals surface area contributed by atoms with E-state index in [1.54, 1.807) is 17.0 Å². The van der Waals surface area contributed by atoms with Crippen LogP contribution in [0.5, 0.6) is 0 Å². The molecule has 1 saturated carbocycles. The number of thioether (sulfide) groups is 1. The molecular formula is C31H33Cl3N2O2S. The minimum Gasteiger partial charge on any atom is -0.352 e. The fourth-order valence-corrected chi connectivity index (χ4v) is 6.40. The summed E-state index contributed by atoms with van der Waals surface area (Å²) >= 11 is 20.3. The average molecular weight is 604 g/mol. The first kappa shape index (κ1) is 29.8. The van der Waals surface area contributed by atoms with Crippen molar-refractivity contribution in [1.82, 2.24) is 10.2 Å². The molecule has 206 valence electrons. The highest BCUT2D eigenvalue weighted by Gasteiger charge is 2.32. The van der Waals surface area contributed by atoms with Gasteiger partial charge < -0.3 is 10.2 Å². The minimum atomic E-state index is -0.669. The van der Waals surface area contributed by atoms with Crippen LogP contribution in [-0.4, -0.2) is 34.6 Å². The van der Waals surface area contributed by atoms with Crippen LogP contribution < -0.4 is 5.32 Å².